The predicted molar refractivity (Wildman–Crippen MR) is 67.5 cm³/mol. The van der Waals surface area contributed by atoms with Crippen molar-refractivity contribution in [2.75, 3.05) is 6.54 Å². The molecule has 0 bridgehead atoms. The standard InChI is InChI=1S/C14H17NO2/c1-2-3-4-5-10-15-14(17)11-12-6-8-13(16)9-7-12/h1,6-9,16H,3-5,10-11H2,(H,15,17). The SMILES string of the molecule is C#CCCCCNC(=O)Cc1ccc(O)cc1. The summed E-state index contributed by atoms with van der Waals surface area (Å²) in [5.74, 6) is 2.77. The summed E-state index contributed by atoms with van der Waals surface area (Å²) < 4.78 is 0. The van der Waals surface area contributed by atoms with Crippen LogP contribution in [0.25, 0.3) is 0 Å². The van der Waals surface area contributed by atoms with Gasteiger partial charge in [0.25, 0.3) is 0 Å². The molecule has 1 rings (SSSR count). The van der Waals surface area contributed by atoms with Crippen molar-refractivity contribution in [2.24, 2.45) is 0 Å². The third kappa shape index (κ3) is 5.62. The van der Waals surface area contributed by atoms with Crippen LogP contribution < -0.4 is 5.32 Å². The third-order valence-electron chi connectivity index (χ3n) is 2.37. The van der Waals surface area contributed by atoms with Crippen LogP contribution in [0.3, 0.4) is 0 Å². The second-order valence-corrected chi connectivity index (χ2v) is 3.85. The first-order valence-electron chi connectivity index (χ1n) is 5.70. The monoisotopic (exact) mass is 231 g/mol. The van der Waals surface area contributed by atoms with Gasteiger partial charge in [0.15, 0.2) is 0 Å². The summed E-state index contributed by atoms with van der Waals surface area (Å²) in [6.07, 6.45) is 8.08. The minimum atomic E-state index is -0.00334. The fourth-order valence-corrected chi connectivity index (χ4v) is 1.44. The number of unbranched alkanes of at least 4 members (excludes halogenated alkanes) is 2. The van der Waals surface area contributed by atoms with Gasteiger partial charge in [-0.05, 0) is 30.5 Å². The van der Waals surface area contributed by atoms with E-state index < -0.39 is 0 Å². The lowest BCUT2D eigenvalue weighted by Crippen LogP contribution is -2.26. The van der Waals surface area contributed by atoms with Crippen LogP contribution in [0.15, 0.2) is 24.3 Å². The fourth-order valence-electron chi connectivity index (χ4n) is 1.44. The number of aromatic hydroxyl groups is 1. The zero-order valence-corrected chi connectivity index (χ0v) is 9.78. The number of hydrogen-bond acceptors (Lipinski definition) is 2. The first-order chi connectivity index (χ1) is 8.22. The molecule has 0 atom stereocenters. The molecule has 0 unspecified atom stereocenters. The van der Waals surface area contributed by atoms with Gasteiger partial charge in [-0.2, -0.15) is 0 Å². The molecule has 1 aromatic rings. The van der Waals surface area contributed by atoms with E-state index in [2.05, 4.69) is 11.2 Å². The highest BCUT2D eigenvalue weighted by molar-refractivity contribution is 5.78. The lowest BCUT2D eigenvalue weighted by molar-refractivity contribution is -0.120. The average Bonchev–Trinajstić information content (AvgIpc) is 2.32. The second-order valence-electron chi connectivity index (χ2n) is 3.85. The number of amides is 1. The largest absolute Gasteiger partial charge is 0.508 e. The molecule has 0 aliphatic heterocycles. The molecule has 1 aromatic carbocycles. The van der Waals surface area contributed by atoms with Gasteiger partial charge in [-0.15, -0.1) is 12.3 Å². The first-order valence-corrected chi connectivity index (χ1v) is 5.70. The number of benzene rings is 1. The van der Waals surface area contributed by atoms with Gasteiger partial charge in [0.2, 0.25) is 5.91 Å². The van der Waals surface area contributed by atoms with Gasteiger partial charge >= 0.3 is 0 Å². The molecule has 17 heavy (non-hydrogen) atoms. The molecule has 0 heterocycles. The summed E-state index contributed by atoms with van der Waals surface area (Å²) in [5.41, 5.74) is 0.893. The molecule has 1 amide bonds. The Balaban J connectivity index is 2.21. The first kappa shape index (κ1) is 13.1. The molecule has 90 valence electrons. The van der Waals surface area contributed by atoms with Crippen molar-refractivity contribution < 1.29 is 9.90 Å². The Morgan fingerprint density at radius 1 is 1.29 bits per heavy atom. The van der Waals surface area contributed by atoms with E-state index in [1.807, 2.05) is 0 Å². The van der Waals surface area contributed by atoms with Crippen molar-refractivity contribution in [2.45, 2.75) is 25.7 Å². The third-order valence-corrected chi connectivity index (χ3v) is 2.37. The van der Waals surface area contributed by atoms with Crippen molar-refractivity contribution in [1.29, 1.82) is 0 Å². The van der Waals surface area contributed by atoms with Crippen molar-refractivity contribution >= 4 is 5.91 Å². The summed E-state index contributed by atoms with van der Waals surface area (Å²) in [5, 5.41) is 11.9. The van der Waals surface area contributed by atoms with Crippen LogP contribution in [0.4, 0.5) is 0 Å². The van der Waals surface area contributed by atoms with E-state index in [-0.39, 0.29) is 11.7 Å². The van der Waals surface area contributed by atoms with Crippen LogP contribution >= 0.6 is 0 Å². The van der Waals surface area contributed by atoms with Crippen LogP contribution in [-0.4, -0.2) is 17.6 Å². The zero-order chi connectivity index (χ0) is 12.5. The number of phenolic OH excluding ortho intramolecular Hbond substituents is 1. The molecule has 3 nitrogen and oxygen atoms in total. The summed E-state index contributed by atoms with van der Waals surface area (Å²) in [6.45, 7) is 0.665. The van der Waals surface area contributed by atoms with Crippen LogP contribution in [0.5, 0.6) is 5.75 Å². The van der Waals surface area contributed by atoms with Crippen LogP contribution in [0.2, 0.25) is 0 Å². The van der Waals surface area contributed by atoms with Gasteiger partial charge in [-0.1, -0.05) is 12.1 Å². The predicted octanol–water partition coefficient (Wildman–Crippen LogP) is 1.85. The molecule has 0 fully saturated rings. The average molecular weight is 231 g/mol. The summed E-state index contributed by atoms with van der Waals surface area (Å²) in [4.78, 5) is 11.5. The van der Waals surface area contributed by atoms with Crippen molar-refractivity contribution in [3.63, 3.8) is 0 Å². The van der Waals surface area contributed by atoms with Gasteiger partial charge < -0.3 is 10.4 Å². The molecule has 2 N–H and O–H groups in total. The van der Waals surface area contributed by atoms with Crippen molar-refractivity contribution in [1.82, 2.24) is 5.32 Å². The fraction of sp³-hybridized carbons (Fsp3) is 0.357. The zero-order valence-electron chi connectivity index (χ0n) is 9.78. The number of terminal acetylenes is 1. The van der Waals surface area contributed by atoms with E-state index in [0.29, 0.717) is 13.0 Å². The minimum Gasteiger partial charge on any atom is -0.508 e. The van der Waals surface area contributed by atoms with Crippen LogP contribution in [0.1, 0.15) is 24.8 Å². The van der Waals surface area contributed by atoms with Gasteiger partial charge in [0.1, 0.15) is 5.75 Å². The maximum atomic E-state index is 11.5. The number of carbonyl (C=O) groups is 1. The van der Waals surface area contributed by atoms with Crippen LogP contribution in [0, 0.1) is 12.3 Å². The van der Waals surface area contributed by atoms with E-state index in [1.54, 1.807) is 24.3 Å². The topological polar surface area (TPSA) is 49.3 Å². The lowest BCUT2D eigenvalue weighted by atomic mass is 10.1. The second kappa shape index (κ2) is 7.34. The Hall–Kier alpha value is -1.95. The molecule has 0 saturated carbocycles. The summed E-state index contributed by atoms with van der Waals surface area (Å²) in [7, 11) is 0. The Kier molecular flexibility index (Phi) is 5.67. The Morgan fingerprint density at radius 2 is 2.00 bits per heavy atom. The Morgan fingerprint density at radius 3 is 2.65 bits per heavy atom. The molecule has 3 heteroatoms. The minimum absolute atomic E-state index is 0.00334. The van der Waals surface area contributed by atoms with Gasteiger partial charge in [-0.25, -0.2) is 0 Å². The number of carbonyl (C=O) groups excluding carboxylic acids is 1. The molecule has 0 aliphatic carbocycles. The van der Waals surface area contributed by atoms with E-state index in [1.165, 1.54) is 0 Å². The normalized spacial score (nSPS) is 9.59. The van der Waals surface area contributed by atoms with Crippen LogP contribution in [-0.2, 0) is 11.2 Å². The molecule has 0 spiro atoms. The number of nitrogens with one attached hydrogen (secondary N) is 1. The highest BCUT2D eigenvalue weighted by Gasteiger charge is 2.02. The van der Waals surface area contributed by atoms with E-state index in [9.17, 15) is 4.79 Å². The Labute approximate surface area is 102 Å². The highest BCUT2D eigenvalue weighted by Crippen LogP contribution is 2.09. The lowest BCUT2D eigenvalue weighted by Gasteiger charge is -2.04. The number of hydrogen-bond donors (Lipinski definition) is 2. The maximum absolute atomic E-state index is 11.5. The number of phenols is 1. The molecule has 0 radical (unpaired) electrons. The van der Waals surface area contributed by atoms with Crippen molar-refractivity contribution in [3.05, 3.63) is 29.8 Å². The molecular weight excluding hydrogens is 214 g/mol. The molecule has 0 saturated heterocycles. The highest BCUT2D eigenvalue weighted by atomic mass is 16.3. The molecular formula is C14H17NO2. The van der Waals surface area contributed by atoms with Gasteiger partial charge in [0, 0.05) is 13.0 Å². The summed E-state index contributed by atoms with van der Waals surface area (Å²) in [6, 6.07) is 6.64. The van der Waals surface area contributed by atoms with Gasteiger partial charge in [0.05, 0.1) is 6.42 Å². The van der Waals surface area contributed by atoms with Crippen molar-refractivity contribution in [3.8, 4) is 18.1 Å². The molecule has 0 aromatic heterocycles. The Bertz CT molecular complexity index is 390. The summed E-state index contributed by atoms with van der Waals surface area (Å²) >= 11 is 0. The van der Waals surface area contributed by atoms with Gasteiger partial charge in [-0.3, -0.25) is 4.79 Å². The molecule has 0 aliphatic rings. The number of rotatable bonds is 6. The maximum Gasteiger partial charge on any atom is 0.224 e. The van der Waals surface area contributed by atoms with E-state index in [4.69, 9.17) is 11.5 Å². The quantitative estimate of drug-likeness (QED) is 0.580. The van der Waals surface area contributed by atoms with E-state index in [0.717, 1.165) is 24.8 Å². The smallest absolute Gasteiger partial charge is 0.224 e. The van der Waals surface area contributed by atoms with E-state index >= 15 is 0 Å².